The normalized spacial score (nSPS) is 23.1. The van der Waals surface area contributed by atoms with Gasteiger partial charge in [0.25, 0.3) is 0 Å². The third-order valence-corrected chi connectivity index (χ3v) is 13.0. The van der Waals surface area contributed by atoms with E-state index in [-0.39, 0.29) is 40.6 Å². The maximum Gasteiger partial charge on any atom is 0.305 e. The van der Waals surface area contributed by atoms with Gasteiger partial charge in [0.1, 0.15) is 0 Å². The number of unbranched alkanes of at least 4 members (excludes halogenated alkanes) is 10. The molecule has 0 heterocycles. The SMILES string of the molecule is CC/C=C\C/C=C\C/C=C\CCCCCCCC(=O)OCC1(C)CC2CC(C)(COC(=O)CCCN(CC)CC)CC(COC(=O)CCC(OC)OCCCCCCCC)(C2)C1. The van der Waals surface area contributed by atoms with Gasteiger partial charge in [0, 0.05) is 49.2 Å². The van der Waals surface area contributed by atoms with E-state index in [2.05, 4.69) is 82.9 Å². The summed E-state index contributed by atoms with van der Waals surface area (Å²) in [6.07, 6.45) is 36.4. The van der Waals surface area contributed by atoms with Crippen LogP contribution in [0.15, 0.2) is 36.5 Å². The first-order valence-electron chi connectivity index (χ1n) is 25.2. The topological polar surface area (TPSA) is 101 Å². The summed E-state index contributed by atoms with van der Waals surface area (Å²) < 4.78 is 29.6. The van der Waals surface area contributed by atoms with E-state index in [1.165, 1.54) is 38.5 Å². The fraction of sp³-hybridized carbons (Fsp3) is 0.830. The first kappa shape index (κ1) is 55.6. The molecular formula is C53H93NO8. The predicted molar refractivity (Wildman–Crippen MR) is 254 cm³/mol. The van der Waals surface area contributed by atoms with Gasteiger partial charge in [-0.2, -0.15) is 0 Å². The van der Waals surface area contributed by atoms with E-state index in [1.807, 2.05) is 0 Å². The van der Waals surface area contributed by atoms with E-state index in [1.54, 1.807) is 7.11 Å². The summed E-state index contributed by atoms with van der Waals surface area (Å²) in [4.78, 5) is 41.5. The maximum absolute atomic E-state index is 13.3. The Balaban J connectivity index is 1.90. The van der Waals surface area contributed by atoms with E-state index in [0.717, 1.165) is 116 Å². The van der Waals surface area contributed by atoms with Crippen molar-refractivity contribution in [1.82, 2.24) is 4.90 Å². The highest BCUT2D eigenvalue weighted by Gasteiger charge is 2.55. The molecule has 0 saturated heterocycles. The van der Waals surface area contributed by atoms with Crippen LogP contribution in [0, 0.1) is 22.2 Å². The minimum Gasteiger partial charge on any atom is -0.465 e. The van der Waals surface area contributed by atoms with Crippen LogP contribution in [0.2, 0.25) is 0 Å². The number of rotatable bonds is 37. The molecule has 62 heavy (non-hydrogen) atoms. The average Bonchev–Trinajstić information content (AvgIpc) is 3.24. The Morgan fingerprint density at radius 1 is 0.613 bits per heavy atom. The molecule has 0 amide bonds. The van der Waals surface area contributed by atoms with Crippen molar-refractivity contribution >= 4 is 17.9 Å². The summed E-state index contributed by atoms with van der Waals surface area (Å²) in [6.45, 7) is 17.7. The molecule has 0 aromatic heterocycles. The van der Waals surface area contributed by atoms with E-state index >= 15 is 0 Å². The second-order valence-corrected chi connectivity index (χ2v) is 19.5. The van der Waals surface area contributed by atoms with Crippen LogP contribution in [0.25, 0.3) is 0 Å². The molecule has 358 valence electrons. The number of hydrogen-bond acceptors (Lipinski definition) is 9. The zero-order chi connectivity index (χ0) is 45.4. The summed E-state index contributed by atoms with van der Waals surface area (Å²) in [7, 11) is 1.63. The number of fused-ring (bicyclic) bond motifs is 2. The van der Waals surface area contributed by atoms with Crippen LogP contribution in [0.3, 0.4) is 0 Å². The zero-order valence-corrected chi connectivity index (χ0v) is 41.0. The van der Waals surface area contributed by atoms with Crippen LogP contribution < -0.4 is 0 Å². The fourth-order valence-corrected chi connectivity index (χ4v) is 10.2. The van der Waals surface area contributed by atoms with Crippen LogP contribution >= 0.6 is 0 Å². The molecule has 2 aliphatic carbocycles. The second kappa shape index (κ2) is 33.1. The number of nitrogens with zero attached hydrogens (tertiary/aromatic N) is 1. The van der Waals surface area contributed by atoms with Crippen LogP contribution in [0.5, 0.6) is 0 Å². The van der Waals surface area contributed by atoms with Gasteiger partial charge in [-0.3, -0.25) is 14.4 Å². The molecule has 0 N–H and O–H groups in total. The second-order valence-electron chi connectivity index (χ2n) is 19.5. The van der Waals surface area contributed by atoms with Gasteiger partial charge in [-0.25, -0.2) is 0 Å². The lowest BCUT2D eigenvalue weighted by Crippen LogP contribution is -2.52. The first-order chi connectivity index (χ1) is 29.9. The molecule has 5 unspecified atom stereocenters. The maximum atomic E-state index is 13.3. The lowest BCUT2D eigenvalue weighted by molar-refractivity contribution is -0.171. The van der Waals surface area contributed by atoms with Crippen molar-refractivity contribution in [2.45, 2.75) is 208 Å². The monoisotopic (exact) mass is 872 g/mol. The van der Waals surface area contributed by atoms with Gasteiger partial charge in [-0.1, -0.05) is 129 Å². The number of esters is 3. The van der Waals surface area contributed by atoms with Gasteiger partial charge in [0.15, 0.2) is 6.29 Å². The quantitative estimate of drug-likeness (QED) is 0.0199. The van der Waals surface area contributed by atoms with Crippen LogP contribution in [-0.4, -0.2) is 82.3 Å². The Kier molecular flexibility index (Phi) is 29.7. The van der Waals surface area contributed by atoms with Gasteiger partial charge in [0.2, 0.25) is 0 Å². The van der Waals surface area contributed by atoms with Gasteiger partial charge < -0.3 is 28.6 Å². The highest BCUT2D eigenvalue weighted by molar-refractivity contribution is 5.70. The summed E-state index contributed by atoms with van der Waals surface area (Å²) >= 11 is 0. The molecule has 2 aliphatic rings. The first-order valence-corrected chi connectivity index (χ1v) is 25.2. The highest BCUT2D eigenvalue weighted by Crippen LogP contribution is 2.60. The summed E-state index contributed by atoms with van der Waals surface area (Å²) in [5.74, 6) is -0.158. The van der Waals surface area contributed by atoms with Crippen molar-refractivity contribution in [3.05, 3.63) is 36.5 Å². The molecular weight excluding hydrogens is 779 g/mol. The third-order valence-electron chi connectivity index (χ3n) is 13.0. The van der Waals surface area contributed by atoms with Gasteiger partial charge in [0.05, 0.1) is 26.2 Å². The molecule has 5 atom stereocenters. The Bertz CT molecular complexity index is 1290. The molecule has 0 spiro atoms. The molecule has 0 aromatic carbocycles. The Morgan fingerprint density at radius 2 is 1.15 bits per heavy atom. The molecule has 9 nitrogen and oxygen atoms in total. The molecule has 2 bridgehead atoms. The van der Waals surface area contributed by atoms with Crippen molar-refractivity contribution in [2.24, 2.45) is 22.2 Å². The van der Waals surface area contributed by atoms with Crippen molar-refractivity contribution < 1.29 is 38.1 Å². The minimum absolute atomic E-state index is 0.118. The largest absolute Gasteiger partial charge is 0.465 e. The Hall–Kier alpha value is -2.49. The number of carbonyl (C=O) groups excluding carboxylic acids is 3. The highest BCUT2D eigenvalue weighted by atomic mass is 16.7. The van der Waals surface area contributed by atoms with Crippen LogP contribution in [0.4, 0.5) is 0 Å². The van der Waals surface area contributed by atoms with E-state index in [0.29, 0.717) is 51.6 Å². The van der Waals surface area contributed by atoms with Gasteiger partial charge in [-0.15, -0.1) is 0 Å². The van der Waals surface area contributed by atoms with Crippen LogP contribution in [0.1, 0.15) is 202 Å². The molecule has 2 fully saturated rings. The lowest BCUT2D eigenvalue weighted by Gasteiger charge is -2.57. The van der Waals surface area contributed by atoms with E-state index in [9.17, 15) is 14.4 Å². The van der Waals surface area contributed by atoms with E-state index in [4.69, 9.17) is 23.7 Å². The van der Waals surface area contributed by atoms with Crippen molar-refractivity contribution in [2.75, 3.05) is 53.2 Å². The molecule has 2 rings (SSSR count). The standard InChI is InChI=1S/C53H93NO8/c1-8-12-14-16-18-19-20-21-22-23-24-25-26-27-29-32-47(55)60-43-51(5)38-46-39-52(6,44-61-48(56)33-31-36-54(10-3)11-4)42-53(40-46,41-51)45-62-49(57)34-35-50(58-7)59-37-30-28-17-15-13-9-2/h12,14,18-19,21-22,46,50H,8-11,13,15-17,20,23-45H2,1-7H3/b14-12-,19-18-,22-21-. The number of hydrogen-bond donors (Lipinski definition) is 0. The minimum atomic E-state index is -0.434. The Morgan fingerprint density at radius 3 is 1.76 bits per heavy atom. The fourth-order valence-electron chi connectivity index (χ4n) is 10.2. The van der Waals surface area contributed by atoms with Crippen molar-refractivity contribution in [3.8, 4) is 0 Å². The van der Waals surface area contributed by atoms with Crippen LogP contribution in [-0.2, 0) is 38.1 Å². The van der Waals surface area contributed by atoms with Gasteiger partial charge in [-0.05, 0) is 109 Å². The number of ether oxygens (including phenoxy) is 5. The molecule has 0 radical (unpaired) electrons. The number of methoxy groups -OCH3 is 1. The number of allylic oxidation sites excluding steroid dienone is 6. The third kappa shape index (κ3) is 25.1. The van der Waals surface area contributed by atoms with Gasteiger partial charge >= 0.3 is 17.9 Å². The molecule has 2 saturated carbocycles. The summed E-state index contributed by atoms with van der Waals surface area (Å²) in [5, 5.41) is 0. The van der Waals surface area contributed by atoms with E-state index < -0.39 is 6.29 Å². The molecule has 9 heteroatoms. The Labute approximate surface area is 379 Å². The van der Waals surface area contributed by atoms with Crippen molar-refractivity contribution in [1.29, 1.82) is 0 Å². The predicted octanol–water partition coefficient (Wildman–Crippen LogP) is 13.1. The lowest BCUT2D eigenvalue weighted by atomic mass is 9.49. The molecule has 0 aromatic rings. The van der Waals surface area contributed by atoms with Crippen molar-refractivity contribution in [3.63, 3.8) is 0 Å². The zero-order valence-electron chi connectivity index (χ0n) is 41.0. The average molecular weight is 872 g/mol. The summed E-state index contributed by atoms with van der Waals surface area (Å²) in [5.41, 5.74) is -0.754. The summed E-state index contributed by atoms with van der Waals surface area (Å²) in [6, 6.07) is 0. The number of carbonyl (C=O) groups is 3. The smallest absolute Gasteiger partial charge is 0.305 e. The molecule has 0 aliphatic heterocycles.